The van der Waals surface area contributed by atoms with Crippen molar-refractivity contribution in [1.82, 2.24) is 19.8 Å². The molecule has 0 aliphatic carbocycles. The van der Waals surface area contributed by atoms with Gasteiger partial charge in [0.25, 0.3) is 0 Å². The first kappa shape index (κ1) is 22.4. The number of anilines is 1. The lowest BCUT2D eigenvalue weighted by molar-refractivity contribution is -0.135. The van der Waals surface area contributed by atoms with Crippen molar-refractivity contribution in [2.24, 2.45) is 0 Å². The number of carbonyl (C=O) groups excluding carboxylic acids is 2. The number of carbonyl (C=O) groups is 2. The Balaban J connectivity index is 1.53. The minimum atomic E-state index is -0.000818. The summed E-state index contributed by atoms with van der Waals surface area (Å²) in [6, 6.07) is 10.2. The van der Waals surface area contributed by atoms with E-state index in [0.29, 0.717) is 25.9 Å². The number of likely N-dealkylation sites (tertiary alicyclic amines) is 1. The van der Waals surface area contributed by atoms with Gasteiger partial charge in [0.1, 0.15) is 11.6 Å². The fraction of sp³-hybridized carbons (Fsp3) is 0.520. The Bertz CT molecular complexity index is 991. The van der Waals surface area contributed by atoms with E-state index in [4.69, 9.17) is 9.97 Å². The molecule has 0 radical (unpaired) electrons. The molecule has 0 bridgehead atoms. The van der Waals surface area contributed by atoms with E-state index in [1.807, 2.05) is 30.0 Å². The molecule has 0 spiro atoms. The van der Waals surface area contributed by atoms with Gasteiger partial charge in [0.05, 0.1) is 12.6 Å². The van der Waals surface area contributed by atoms with Gasteiger partial charge in [-0.05, 0) is 52.1 Å². The van der Waals surface area contributed by atoms with Gasteiger partial charge in [-0.2, -0.15) is 0 Å². The van der Waals surface area contributed by atoms with Crippen molar-refractivity contribution in [2.75, 3.05) is 25.0 Å². The van der Waals surface area contributed by atoms with Crippen LogP contribution in [0.5, 0.6) is 0 Å². The van der Waals surface area contributed by atoms with E-state index in [1.54, 1.807) is 11.9 Å². The molecular weight excluding hydrogens is 402 g/mol. The summed E-state index contributed by atoms with van der Waals surface area (Å²) in [5.74, 6) is 1.67. The van der Waals surface area contributed by atoms with E-state index in [2.05, 4.69) is 30.9 Å². The van der Waals surface area contributed by atoms with Crippen LogP contribution in [0.2, 0.25) is 0 Å². The van der Waals surface area contributed by atoms with Crippen LogP contribution in [0.15, 0.2) is 30.3 Å². The zero-order valence-corrected chi connectivity index (χ0v) is 19.5. The van der Waals surface area contributed by atoms with Gasteiger partial charge in [0.2, 0.25) is 11.8 Å². The Hall–Kier alpha value is -2.80. The van der Waals surface area contributed by atoms with E-state index < -0.39 is 0 Å². The van der Waals surface area contributed by atoms with Crippen molar-refractivity contribution >= 4 is 17.6 Å². The molecule has 3 heterocycles. The molecule has 1 aromatic carbocycles. The predicted octanol–water partition coefficient (Wildman–Crippen LogP) is 3.27. The minimum absolute atomic E-state index is 0.000818. The average molecular weight is 436 g/mol. The maximum Gasteiger partial charge on any atom is 0.237 e. The Morgan fingerprint density at radius 1 is 1.19 bits per heavy atom. The summed E-state index contributed by atoms with van der Waals surface area (Å²) >= 11 is 0. The molecule has 4 rings (SSSR count). The summed E-state index contributed by atoms with van der Waals surface area (Å²) in [4.78, 5) is 40.9. The quantitative estimate of drug-likeness (QED) is 0.697. The van der Waals surface area contributed by atoms with Gasteiger partial charge in [-0.3, -0.25) is 19.4 Å². The number of benzene rings is 1. The van der Waals surface area contributed by atoms with E-state index in [0.717, 1.165) is 47.8 Å². The molecule has 2 aromatic rings. The Kier molecular flexibility index (Phi) is 6.55. The first-order valence-corrected chi connectivity index (χ1v) is 11.6. The van der Waals surface area contributed by atoms with Gasteiger partial charge in [0.15, 0.2) is 0 Å². The lowest BCUT2D eigenvalue weighted by Gasteiger charge is -2.31. The number of aromatic nitrogens is 2. The van der Waals surface area contributed by atoms with E-state index in [1.165, 1.54) is 0 Å². The third-order valence-electron chi connectivity index (χ3n) is 6.63. The number of fused-ring (bicyclic) bond motifs is 1. The highest BCUT2D eigenvalue weighted by Gasteiger charge is 2.34. The Morgan fingerprint density at radius 3 is 2.66 bits per heavy atom. The molecule has 0 saturated carbocycles. The number of hydrogen-bond acceptors (Lipinski definition) is 5. The average Bonchev–Trinajstić information content (AvgIpc) is 3.23. The highest BCUT2D eigenvalue weighted by Crippen LogP contribution is 2.34. The molecule has 1 aromatic heterocycles. The topological polar surface area (TPSA) is 69.6 Å². The van der Waals surface area contributed by atoms with E-state index in [-0.39, 0.29) is 23.9 Å². The summed E-state index contributed by atoms with van der Waals surface area (Å²) in [5.41, 5.74) is 3.13. The third kappa shape index (κ3) is 4.53. The maximum atomic E-state index is 13.3. The largest absolute Gasteiger partial charge is 0.335 e. The number of rotatable bonds is 6. The van der Waals surface area contributed by atoms with Crippen LogP contribution < -0.4 is 4.90 Å². The van der Waals surface area contributed by atoms with Crippen LogP contribution in [0.4, 0.5) is 5.82 Å². The molecule has 7 nitrogen and oxygen atoms in total. The molecule has 7 heteroatoms. The van der Waals surface area contributed by atoms with Crippen LogP contribution in [-0.4, -0.2) is 57.8 Å². The van der Waals surface area contributed by atoms with E-state index in [9.17, 15) is 9.59 Å². The summed E-state index contributed by atoms with van der Waals surface area (Å²) < 4.78 is 0. The van der Waals surface area contributed by atoms with Crippen molar-refractivity contribution in [3.05, 3.63) is 53.0 Å². The standard InChI is InChI=1S/C25H33N5O2/c1-17(2)30(15-19-9-6-5-7-10-19)23(32)16-29-14-8-11-21(29)24-26-18(3)20-12-13-22(31)28(4)25(20)27-24/h5-7,9-10,17,21H,8,11-16H2,1-4H3/t21-/m0/s1. The van der Waals surface area contributed by atoms with Gasteiger partial charge in [-0.25, -0.2) is 9.97 Å². The van der Waals surface area contributed by atoms with Crippen molar-refractivity contribution in [1.29, 1.82) is 0 Å². The van der Waals surface area contributed by atoms with Gasteiger partial charge >= 0.3 is 0 Å². The van der Waals surface area contributed by atoms with Crippen molar-refractivity contribution in [3.63, 3.8) is 0 Å². The zero-order valence-electron chi connectivity index (χ0n) is 19.5. The molecule has 2 aliphatic rings. The molecule has 0 unspecified atom stereocenters. The molecule has 170 valence electrons. The second-order valence-electron chi connectivity index (χ2n) is 9.15. The number of aryl methyl sites for hydroxylation is 1. The summed E-state index contributed by atoms with van der Waals surface area (Å²) in [7, 11) is 1.79. The second-order valence-corrected chi connectivity index (χ2v) is 9.15. The molecular formula is C25H33N5O2. The SMILES string of the molecule is Cc1nc([C@@H]2CCCN2CC(=O)N(Cc2ccccc2)C(C)C)nc2c1CCC(=O)N2C. The normalized spacial score (nSPS) is 18.8. The lowest BCUT2D eigenvalue weighted by Crippen LogP contribution is -2.43. The van der Waals surface area contributed by atoms with Crippen LogP contribution in [0, 0.1) is 6.92 Å². The van der Waals surface area contributed by atoms with Gasteiger partial charge in [-0.1, -0.05) is 30.3 Å². The highest BCUT2D eigenvalue weighted by atomic mass is 16.2. The first-order chi connectivity index (χ1) is 15.3. The molecule has 1 fully saturated rings. The zero-order chi connectivity index (χ0) is 22.8. The fourth-order valence-corrected chi connectivity index (χ4v) is 4.75. The smallest absolute Gasteiger partial charge is 0.237 e. The lowest BCUT2D eigenvalue weighted by atomic mass is 10.0. The van der Waals surface area contributed by atoms with Crippen LogP contribution in [0.25, 0.3) is 0 Å². The van der Waals surface area contributed by atoms with Crippen molar-refractivity contribution in [2.45, 2.75) is 65.1 Å². The second kappa shape index (κ2) is 9.36. The van der Waals surface area contributed by atoms with Crippen LogP contribution in [0.1, 0.15) is 61.8 Å². The molecule has 0 N–H and O–H groups in total. The monoisotopic (exact) mass is 435 g/mol. The highest BCUT2D eigenvalue weighted by molar-refractivity contribution is 5.94. The summed E-state index contributed by atoms with van der Waals surface area (Å²) in [5, 5.41) is 0. The summed E-state index contributed by atoms with van der Waals surface area (Å²) in [6.07, 6.45) is 3.12. The maximum absolute atomic E-state index is 13.3. The van der Waals surface area contributed by atoms with Gasteiger partial charge < -0.3 is 4.90 Å². The van der Waals surface area contributed by atoms with Crippen LogP contribution in [-0.2, 0) is 22.6 Å². The van der Waals surface area contributed by atoms with E-state index >= 15 is 0 Å². The van der Waals surface area contributed by atoms with Crippen molar-refractivity contribution in [3.8, 4) is 0 Å². The Labute approximate surface area is 190 Å². The molecule has 2 aliphatic heterocycles. The predicted molar refractivity (Wildman–Crippen MR) is 124 cm³/mol. The molecule has 1 atom stereocenters. The summed E-state index contributed by atoms with van der Waals surface area (Å²) in [6.45, 7) is 7.93. The molecule has 1 saturated heterocycles. The molecule has 2 amide bonds. The molecule has 32 heavy (non-hydrogen) atoms. The number of amides is 2. The number of nitrogens with zero attached hydrogens (tertiary/aromatic N) is 5. The number of hydrogen-bond donors (Lipinski definition) is 0. The van der Waals surface area contributed by atoms with Crippen molar-refractivity contribution < 1.29 is 9.59 Å². The van der Waals surface area contributed by atoms with Crippen LogP contribution in [0.3, 0.4) is 0 Å². The first-order valence-electron chi connectivity index (χ1n) is 11.6. The minimum Gasteiger partial charge on any atom is -0.335 e. The third-order valence-corrected chi connectivity index (χ3v) is 6.63. The van der Waals surface area contributed by atoms with Gasteiger partial charge in [-0.15, -0.1) is 0 Å². The van der Waals surface area contributed by atoms with Crippen LogP contribution >= 0.6 is 0 Å². The fourth-order valence-electron chi connectivity index (χ4n) is 4.75. The van der Waals surface area contributed by atoms with Gasteiger partial charge in [0, 0.05) is 37.3 Å². The Morgan fingerprint density at radius 2 is 1.94 bits per heavy atom.